The Hall–Kier alpha value is -2.04. The first kappa shape index (κ1) is 11.4. The van der Waals surface area contributed by atoms with Gasteiger partial charge in [-0.1, -0.05) is 6.92 Å². The van der Waals surface area contributed by atoms with Gasteiger partial charge in [0.1, 0.15) is 0 Å². The van der Waals surface area contributed by atoms with E-state index >= 15 is 0 Å². The van der Waals surface area contributed by atoms with Crippen LogP contribution < -0.4 is 9.47 Å². The highest BCUT2D eigenvalue weighted by Gasteiger charge is 2.20. The summed E-state index contributed by atoms with van der Waals surface area (Å²) in [6.45, 7) is 1.66. The fourth-order valence-electron chi connectivity index (χ4n) is 1.55. The Morgan fingerprint density at radius 3 is 2.76 bits per heavy atom. The molecule has 0 fully saturated rings. The highest BCUT2D eigenvalue weighted by Crippen LogP contribution is 2.32. The van der Waals surface area contributed by atoms with Crippen LogP contribution in [0, 0.1) is 5.92 Å². The molecule has 1 aromatic rings. The highest BCUT2D eigenvalue weighted by atomic mass is 16.7. The Bertz CT molecular complexity index is 466. The zero-order valence-electron chi connectivity index (χ0n) is 9.30. The van der Waals surface area contributed by atoms with Crippen LogP contribution in [-0.2, 0) is 4.79 Å². The van der Waals surface area contributed by atoms with Gasteiger partial charge in [-0.25, -0.2) is 0 Å². The third kappa shape index (κ3) is 2.38. The van der Waals surface area contributed by atoms with Crippen molar-refractivity contribution in [2.24, 2.45) is 5.92 Å². The van der Waals surface area contributed by atoms with Gasteiger partial charge >= 0.3 is 5.97 Å². The first-order chi connectivity index (χ1) is 8.08. The fourth-order valence-corrected chi connectivity index (χ4v) is 1.55. The lowest BCUT2D eigenvalue weighted by Gasteiger charge is -2.05. The van der Waals surface area contributed by atoms with E-state index in [1.165, 1.54) is 6.92 Å². The van der Waals surface area contributed by atoms with Crippen LogP contribution in [0.1, 0.15) is 23.7 Å². The predicted octanol–water partition coefficient (Wildman–Crippen LogP) is 1.71. The maximum absolute atomic E-state index is 11.8. The van der Waals surface area contributed by atoms with E-state index in [0.717, 1.165) is 0 Å². The third-order valence-corrected chi connectivity index (χ3v) is 2.61. The number of benzene rings is 1. The number of carbonyl (C=O) groups is 2. The van der Waals surface area contributed by atoms with Crippen LogP contribution >= 0.6 is 0 Å². The first-order valence-corrected chi connectivity index (χ1v) is 5.23. The van der Waals surface area contributed by atoms with Crippen molar-refractivity contribution in [3.63, 3.8) is 0 Å². The predicted molar refractivity (Wildman–Crippen MR) is 58.3 cm³/mol. The molecule has 0 spiro atoms. The minimum Gasteiger partial charge on any atom is -0.481 e. The van der Waals surface area contributed by atoms with E-state index in [-0.39, 0.29) is 19.0 Å². The SMILES string of the molecule is CC(CC(=O)c1ccc2c(c1)OCO2)C(=O)O. The van der Waals surface area contributed by atoms with Gasteiger partial charge < -0.3 is 14.6 Å². The van der Waals surface area contributed by atoms with Crippen LogP contribution in [0.4, 0.5) is 0 Å². The molecule has 0 bridgehead atoms. The summed E-state index contributed by atoms with van der Waals surface area (Å²) in [4.78, 5) is 22.5. The van der Waals surface area contributed by atoms with Gasteiger partial charge in [-0.3, -0.25) is 9.59 Å². The number of Topliss-reactive ketones (excluding diaryl/α,β-unsaturated/α-hetero) is 1. The van der Waals surface area contributed by atoms with E-state index in [4.69, 9.17) is 14.6 Å². The number of hydrogen-bond donors (Lipinski definition) is 1. The molecule has 2 rings (SSSR count). The molecule has 0 radical (unpaired) electrons. The molecule has 17 heavy (non-hydrogen) atoms. The van der Waals surface area contributed by atoms with Crippen molar-refractivity contribution >= 4 is 11.8 Å². The Morgan fingerprint density at radius 2 is 2.06 bits per heavy atom. The van der Waals surface area contributed by atoms with E-state index < -0.39 is 11.9 Å². The van der Waals surface area contributed by atoms with Gasteiger partial charge in [0.05, 0.1) is 5.92 Å². The summed E-state index contributed by atoms with van der Waals surface area (Å²) in [5.74, 6) is -0.739. The average Bonchev–Trinajstić information content (AvgIpc) is 2.75. The molecule has 1 atom stereocenters. The molecule has 0 aromatic heterocycles. The number of ketones is 1. The van der Waals surface area contributed by atoms with Crippen LogP contribution in [-0.4, -0.2) is 23.7 Å². The van der Waals surface area contributed by atoms with E-state index in [9.17, 15) is 9.59 Å². The minimum atomic E-state index is -0.973. The lowest BCUT2D eigenvalue weighted by atomic mass is 10.00. The zero-order chi connectivity index (χ0) is 12.4. The Labute approximate surface area is 98.0 Å². The molecule has 0 saturated carbocycles. The molecule has 1 unspecified atom stereocenters. The van der Waals surface area contributed by atoms with E-state index in [2.05, 4.69) is 0 Å². The van der Waals surface area contributed by atoms with Gasteiger partial charge in [0.25, 0.3) is 0 Å². The Balaban J connectivity index is 2.12. The number of carboxylic acid groups (broad SMARTS) is 1. The molecule has 1 heterocycles. The molecule has 1 aliphatic heterocycles. The van der Waals surface area contributed by atoms with Crippen molar-refractivity contribution < 1.29 is 24.2 Å². The topological polar surface area (TPSA) is 72.8 Å². The monoisotopic (exact) mass is 236 g/mol. The van der Waals surface area contributed by atoms with E-state index in [1.807, 2.05) is 0 Å². The number of ether oxygens (including phenoxy) is 2. The normalized spacial score (nSPS) is 14.4. The molecule has 5 nitrogen and oxygen atoms in total. The Kier molecular flexibility index (Phi) is 2.99. The zero-order valence-corrected chi connectivity index (χ0v) is 9.30. The molecule has 0 aliphatic carbocycles. The van der Waals surface area contributed by atoms with Gasteiger partial charge in [-0.15, -0.1) is 0 Å². The van der Waals surface area contributed by atoms with Gasteiger partial charge in [0.2, 0.25) is 6.79 Å². The highest BCUT2D eigenvalue weighted by molar-refractivity contribution is 5.98. The molecule has 1 aliphatic rings. The molecule has 1 N–H and O–H groups in total. The summed E-state index contributed by atoms with van der Waals surface area (Å²) in [6, 6.07) is 4.85. The maximum atomic E-state index is 11.8. The van der Waals surface area contributed by atoms with Crippen LogP contribution in [0.25, 0.3) is 0 Å². The van der Waals surface area contributed by atoms with Crippen LogP contribution in [0.3, 0.4) is 0 Å². The second-order valence-corrected chi connectivity index (χ2v) is 3.93. The fraction of sp³-hybridized carbons (Fsp3) is 0.333. The number of fused-ring (bicyclic) bond motifs is 1. The molecular weight excluding hydrogens is 224 g/mol. The number of hydrogen-bond acceptors (Lipinski definition) is 4. The quantitative estimate of drug-likeness (QED) is 0.805. The summed E-state index contributed by atoms with van der Waals surface area (Å²) >= 11 is 0. The lowest BCUT2D eigenvalue weighted by Crippen LogP contribution is -2.14. The van der Waals surface area contributed by atoms with Crippen molar-refractivity contribution in [1.29, 1.82) is 0 Å². The summed E-state index contributed by atoms with van der Waals surface area (Å²) in [6.07, 6.45) is -0.0189. The second-order valence-electron chi connectivity index (χ2n) is 3.93. The van der Waals surface area contributed by atoms with Gasteiger partial charge in [0.15, 0.2) is 17.3 Å². The number of aliphatic carboxylic acids is 1. The second kappa shape index (κ2) is 4.45. The van der Waals surface area contributed by atoms with Crippen molar-refractivity contribution in [3.8, 4) is 11.5 Å². The largest absolute Gasteiger partial charge is 0.481 e. The van der Waals surface area contributed by atoms with Crippen molar-refractivity contribution in [2.75, 3.05) is 6.79 Å². The molecule has 1 aromatic carbocycles. The lowest BCUT2D eigenvalue weighted by molar-refractivity contribution is -0.141. The van der Waals surface area contributed by atoms with Crippen LogP contribution in [0.2, 0.25) is 0 Å². The summed E-state index contributed by atoms with van der Waals surface area (Å²) < 4.78 is 10.3. The molecule has 5 heteroatoms. The molecule has 0 amide bonds. The maximum Gasteiger partial charge on any atom is 0.306 e. The number of rotatable bonds is 4. The van der Waals surface area contributed by atoms with Crippen molar-refractivity contribution in [2.45, 2.75) is 13.3 Å². The molecule has 0 saturated heterocycles. The summed E-state index contributed by atoms with van der Waals surface area (Å²) in [7, 11) is 0. The summed E-state index contributed by atoms with van der Waals surface area (Å²) in [5, 5.41) is 8.74. The third-order valence-electron chi connectivity index (χ3n) is 2.61. The van der Waals surface area contributed by atoms with Crippen LogP contribution in [0.15, 0.2) is 18.2 Å². The summed E-state index contributed by atoms with van der Waals surface area (Å²) in [5.41, 5.74) is 0.447. The molecular formula is C12H12O5. The van der Waals surface area contributed by atoms with Crippen molar-refractivity contribution in [3.05, 3.63) is 23.8 Å². The van der Waals surface area contributed by atoms with Gasteiger partial charge in [0, 0.05) is 12.0 Å². The Morgan fingerprint density at radius 1 is 1.35 bits per heavy atom. The molecule has 90 valence electrons. The smallest absolute Gasteiger partial charge is 0.306 e. The first-order valence-electron chi connectivity index (χ1n) is 5.23. The number of carbonyl (C=O) groups excluding carboxylic acids is 1. The van der Waals surface area contributed by atoms with Gasteiger partial charge in [-0.05, 0) is 18.2 Å². The number of carboxylic acids is 1. The van der Waals surface area contributed by atoms with Gasteiger partial charge in [-0.2, -0.15) is 0 Å². The minimum absolute atomic E-state index is 0.0189. The standard InChI is InChI=1S/C12H12O5/c1-7(12(14)15)4-9(13)8-2-3-10-11(5-8)17-6-16-10/h2-3,5,7H,4,6H2,1H3,(H,14,15). The van der Waals surface area contributed by atoms with Crippen LogP contribution in [0.5, 0.6) is 11.5 Å². The van der Waals surface area contributed by atoms with Crippen molar-refractivity contribution in [1.82, 2.24) is 0 Å². The van der Waals surface area contributed by atoms with E-state index in [0.29, 0.717) is 17.1 Å². The average molecular weight is 236 g/mol. The van der Waals surface area contributed by atoms with E-state index in [1.54, 1.807) is 18.2 Å².